The van der Waals surface area contributed by atoms with Gasteiger partial charge < -0.3 is 4.90 Å². The zero-order valence-corrected chi connectivity index (χ0v) is 11.4. The van der Waals surface area contributed by atoms with Crippen molar-refractivity contribution in [2.24, 2.45) is 5.41 Å². The van der Waals surface area contributed by atoms with Gasteiger partial charge in [0, 0.05) is 18.1 Å². The van der Waals surface area contributed by atoms with Crippen molar-refractivity contribution in [3.8, 4) is 0 Å². The Labute approximate surface area is 113 Å². The second kappa shape index (κ2) is 4.34. The first-order valence-electron chi connectivity index (χ1n) is 6.87. The SMILES string of the molecule is CCC1(CC)CN(c2cccc3cccnc23)C1=O. The van der Waals surface area contributed by atoms with Gasteiger partial charge in [0.1, 0.15) is 0 Å². The van der Waals surface area contributed by atoms with E-state index < -0.39 is 0 Å². The monoisotopic (exact) mass is 254 g/mol. The molecule has 1 aliphatic rings. The fourth-order valence-electron chi connectivity index (χ4n) is 2.91. The highest BCUT2D eigenvalue weighted by Crippen LogP contribution is 2.42. The predicted octanol–water partition coefficient (Wildman–Crippen LogP) is 3.39. The largest absolute Gasteiger partial charge is 0.309 e. The van der Waals surface area contributed by atoms with E-state index in [2.05, 4.69) is 18.8 Å². The Hall–Kier alpha value is -1.90. The summed E-state index contributed by atoms with van der Waals surface area (Å²) in [7, 11) is 0. The van der Waals surface area contributed by atoms with E-state index in [0.717, 1.165) is 36.0 Å². The first-order chi connectivity index (χ1) is 9.22. The molecular formula is C16H18N2O. The Balaban J connectivity index is 2.02. The lowest BCUT2D eigenvalue weighted by Crippen LogP contribution is -2.61. The number of pyridine rings is 1. The van der Waals surface area contributed by atoms with Crippen LogP contribution in [-0.2, 0) is 4.79 Å². The standard InChI is InChI=1S/C16H18N2O/c1-3-16(4-2)11-18(15(16)19)13-9-5-7-12-8-6-10-17-14(12)13/h5-10H,3-4,11H2,1-2H3. The fraction of sp³-hybridized carbons (Fsp3) is 0.375. The third-order valence-corrected chi connectivity index (χ3v) is 4.42. The van der Waals surface area contributed by atoms with E-state index >= 15 is 0 Å². The number of amides is 1. The van der Waals surface area contributed by atoms with Crippen molar-refractivity contribution < 1.29 is 4.79 Å². The summed E-state index contributed by atoms with van der Waals surface area (Å²) >= 11 is 0. The molecule has 98 valence electrons. The van der Waals surface area contributed by atoms with E-state index in [-0.39, 0.29) is 11.3 Å². The first-order valence-corrected chi connectivity index (χ1v) is 6.87. The number of aromatic nitrogens is 1. The Kier molecular flexibility index (Phi) is 2.77. The average Bonchev–Trinajstić information content (AvgIpc) is 2.47. The van der Waals surface area contributed by atoms with Crippen LogP contribution in [0.5, 0.6) is 0 Å². The van der Waals surface area contributed by atoms with Gasteiger partial charge in [-0.3, -0.25) is 9.78 Å². The molecule has 3 nitrogen and oxygen atoms in total. The van der Waals surface area contributed by atoms with Crippen molar-refractivity contribution in [2.45, 2.75) is 26.7 Å². The summed E-state index contributed by atoms with van der Waals surface area (Å²) in [6, 6.07) is 9.96. The highest BCUT2D eigenvalue weighted by molar-refractivity contribution is 6.09. The third-order valence-electron chi connectivity index (χ3n) is 4.42. The lowest BCUT2D eigenvalue weighted by atomic mass is 9.74. The van der Waals surface area contributed by atoms with E-state index in [9.17, 15) is 4.79 Å². The number of β-lactam (4-membered cyclic amide) rings is 1. The molecule has 3 heteroatoms. The topological polar surface area (TPSA) is 33.2 Å². The van der Waals surface area contributed by atoms with Crippen LogP contribution in [0, 0.1) is 5.41 Å². The van der Waals surface area contributed by atoms with Crippen LogP contribution in [0.3, 0.4) is 0 Å². The summed E-state index contributed by atoms with van der Waals surface area (Å²) in [4.78, 5) is 18.8. The van der Waals surface area contributed by atoms with Gasteiger partial charge in [0.25, 0.3) is 0 Å². The minimum Gasteiger partial charge on any atom is -0.309 e. The summed E-state index contributed by atoms with van der Waals surface area (Å²) in [5.74, 6) is 0.246. The molecule has 19 heavy (non-hydrogen) atoms. The Morgan fingerprint density at radius 2 is 1.95 bits per heavy atom. The highest BCUT2D eigenvalue weighted by atomic mass is 16.2. The predicted molar refractivity (Wildman–Crippen MR) is 77.1 cm³/mol. The molecule has 1 aliphatic heterocycles. The molecular weight excluding hydrogens is 236 g/mol. The average molecular weight is 254 g/mol. The van der Waals surface area contributed by atoms with Gasteiger partial charge in [-0.05, 0) is 25.0 Å². The van der Waals surface area contributed by atoms with Crippen LogP contribution in [0.2, 0.25) is 0 Å². The molecule has 0 atom stereocenters. The molecule has 0 spiro atoms. The van der Waals surface area contributed by atoms with Gasteiger partial charge in [-0.15, -0.1) is 0 Å². The molecule has 0 saturated carbocycles. The van der Waals surface area contributed by atoms with E-state index in [0.29, 0.717) is 0 Å². The van der Waals surface area contributed by atoms with Crippen LogP contribution in [0.4, 0.5) is 5.69 Å². The summed E-state index contributed by atoms with van der Waals surface area (Å²) < 4.78 is 0. The summed E-state index contributed by atoms with van der Waals surface area (Å²) in [5.41, 5.74) is 1.72. The first kappa shape index (κ1) is 12.2. The number of hydrogen-bond donors (Lipinski definition) is 0. The minimum absolute atomic E-state index is 0.142. The van der Waals surface area contributed by atoms with Crippen LogP contribution >= 0.6 is 0 Å². The highest BCUT2D eigenvalue weighted by Gasteiger charge is 2.50. The zero-order chi connectivity index (χ0) is 13.5. The maximum atomic E-state index is 12.5. The number of anilines is 1. The number of nitrogens with zero attached hydrogens (tertiary/aromatic N) is 2. The normalized spacial score (nSPS) is 17.6. The van der Waals surface area contributed by atoms with Gasteiger partial charge in [0.05, 0.1) is 16.6 Å². The second-order valence-corrected chi connectivity index (χ2v) is 5.23. The van der Waals surface area contributed by atoms with Gasteiger partial charge in [0.2, 0.25) is 5.91 Å². The Morgan fingerprint density at radius 3 is 2.63 bits per heavy atom. The maximum absolute atomic E-state index is 12.5. The Bertz CT molecular complexity index is 626. The molecule has 1 aromatic heterocycles. The molecule has 0 N–H and O–H groups in total. The molecule has 0 radical (unpaired) electrons. The van der Waals surface area contributed by atoms with Crippen molar-refractivity contribution in [3.05, 3.63) is 36.5 Å². The molecule has 1 fully saturated rings. The molecule has 0 unspecified atom stereocenters. The molecule has 2 heterocycles. The Morgan fingerprint density at radius 1 is 1.21 bits per heavy atom. The number of fused-ring (bicyclic) bond motifs is 1. The van der Waals surface area contributed by atoms with E-state index in [1.54, 1.807) is 6.20 Å². The van der Waals surface area contributed by atoms with E-state index in [1.165, 1.54) is 0 Å². The molecule has 3 rings (SSSR count). The van der Waals surface area contributed by atoms with Crippen LogP contribution in [0.25, 0.3) is 10.9 Å². The van der Waals surface area contributed by atoms with Gasteiger partial charge in [0.15, 0.2) is 0 Å². The number of para-hydroxylation sites is 1. The van der Waals surface area contributed by atoms with Gasteiger partial charge in [-0.1, -0.05) is 32.0 Å². The molecule has 1 aromatic carbocycles. The van der Waals surface area contributed by atoms with Crippen LogP contribution in [0.1, 0.15) is 26.7 Å². The lowest BCUT2D eigenvalue weighted by molar-refractivity contribution is -0.135. The molecule has 1 saturated heterocycles. The quantitative estimate of drug-likeness (QED) is 0.787. The van der Waals surface area contributed by atoms with Gasteiger partial charge in [-0.25, -0.2) is 0 Å². The van der Waals surface area contributed by atoms with Crippen molar-refractivity contribution >= 4 is 22.5 Å². The number of carbonyl (C=O) groups is 1. The maximum Gasteiger partial charge on any atom is 0.235 e. The van der Waals surface area contributed by atoms with Crippen LogP contribution in [-0.4, -0.2) is 17.4 Å². The molecule has 0 aliphatic carbocycles. The smallest absolute Gasteiger partial charge is 0.235 e. The van der Waals surface area contributed by atoms with Crippen LogP contribution in [0.15, 0.2) is 36.5 Å². The summed E-state index contributed by atoms with van der Waals surface area (Å²) in [6.07, 6.45) is 3.61. The number of benzene rings is 1. The van der Waals surface area contributed by atoms with Crippen molar-refractivity contribution in [3.63, 3.8) is 0 Å². The molecule has 2 aromatic rings. The van der Waals surface area contributed by atoms with Crippen LogP contribution < -0.4 is 4.90 Å². The van der Waals surface area contributed by atoms with E-state index in [1.807, 2.05) is 35.2 Å². The van der Waals surface area contributed by atoms with Crippen molar-refractivity contribution in [2.75, 3.05) is 11.4 Å². The molecule has 0 bridgehead atoms. The third kappa shape index (κ3) is 1.65. The minimum atomic E-state index is -0.142. The fourth-order valence-corrected chi connectivity index (χ4v) is 2.91. The van der Waals surface area contributed by atoms with Crippen molar-refractivity contribution in [1.29, 1.82) is 0 Å². The van der Waals surface area contributed by atoms with Crippen molar-refractivity contribution in [1.82, 2.24) is 4.98 Å². The summed E-state index contributed by atoms with van der Waals surface area (Å²) in [6.45, 7) is 5.01. The summed E-state index contributed by atoms with van der Waals surface area (Å²) in [5, 5.41) is 1.08. The number of rotatable bonds is 3. The van der Waals surface area contributed by atoms with E-state index in [4.69, 9.17) is 0 Å². The second-order valence-electron chi connectivity index (χ2n) is 5.23. The zero-order valence-electron chi connectivity index (χ0n) is 11.4. The number of hydrogen-bond acceptors (Lipinski definition) is 2. The van der Waals surface area contributed by atoms with Gasteiger partial charge in [-0.2, -0.15) is 0 Å². The van der Waals surface area contributed by atoms with Gasteiger partial charge >= 0.3 is 0 Å². The molecule has 1 amide bonds. The lowest BCUT2D eigenvalue weighted by Gasteiger charge is -2.48. The number of carbonyl (C=O) groups excluding carboxylic acids is 1.